The highest BCUT2D eigenvalue weighted by molar-refractivity contribution is 5.79. The number of ether oxygens (including phenoxy) is 2. The average Bonchev–Trinajstić information content (AvgIpc) is 2.82. The molecule has 1 saturated heterocycles. The van der Waals surface area contributed by atoms with Gasteiger partial charge in [0.15, 0.2) is 0 Å². The molecule has 3 atom stereocenters. The van der Waals surface area contributed by atoms with E-state index in [1.807, 2.05) is 23.2 Å². The zero-order valence-corrected chi connectivity index (χ0v) is 21.2. The molecule has 1 aliphatic heterocycles. The van der Waals surface area contributed by atoms with Crippen LogP contribution in [0.15, 0.2) is 18.3 Å². The first kappa shape index (κ1) is 30.1. The van der Waals surface area contributed by atoms with Gasteiger partial charge in [-0.2, -0.15) is 0 Å². The van der Waals surface area contributed by atoms with Crippen molar-refractivity contribution >= 4 is 23.5 Å². The van der Waals surface area contributed by atoms with E-state index in [0.29, 0.717) is 5.88 Å². The molecule has 198 valence electrons. The number of amides is 1. The summed E-state index contributed by atoms with van der Waals surface area (Å²) >= 11 is 0. The Morgan fingerprint density at radius 1 is 1.09 bits per heavy atom. The topological polar surface area (TPSA) is 156 Å². The molecule has 11 nitrogen and oxygen atoms in total. The molecule has 2 aliphatic rings. The third-order valence-electron chi connectivity index (χ3n) is 5.61. The SMILES string of the molecule is CC(=O)O.CC(=O)O.CCCO[C@@H]1CC[C@H](C(=O)N2CCN(c3ccc(OC)nc3)CC2)C[C@H]1N. The summed E-state index contributed by atoms with van der Waals surface area (Å²) in [6.07, 6.45) is 5.43. The standard InChI is InChI=1S/C20H32N4O3.2C2H4O2/c1-3-12-27-18-6-4-15(13-17(18)21)20(25)24-10-8-23(9-11-24)16-5-7-19(26-2)22-14-16;2*1-2(3)4/h5,7,14-15,17-18H,3-4,6,8-13,21H2,1-2H3;2*1H3,(H,3,4)/t15-,17+,18+;;/m0../s1. The lowest BCUT2D eigenvalue weighted by Crippen LogP contribution is -2.52. The number of piperazine rings is 1. The maximum atomic E-state index is 12.9. The van der Waals surface area contributed by atoms with Gasteiger partial charge >= 0.3 is 0 Å². The van der Waals surface area contributed by atoms with E-state index in [9.17, 15) is 4.79 Å². The van der Waals surface area contributed by atoms with Crippen molar-refractivity contribution in [2.24, 2.45) is 11.7 Å². The molecule has 0 radical (unpaired) electrons. The zero-order chi connectivity index (χ0) is 26.4. The van der Waals surface area contributed by atoms with E-state index in [1.54, 1.807) is 7.11 Å². The summed E-state index contributed by atoms with van der Waals surface area (Å²) in [4.78, 5) is 39.5. The summed E-state index contributed by atoms with van der Waals surface area (Å²) in [5.41, 5.74) is 7.35. The lowest BCUT2D eigenvalue weighted by molar-refractivity contribution is -0.138. The summed E-state index contributed by atoms with van der Waals surface area (Å²) in [6, 6.07) is 3.85. The Morgan fingerprint density at radius 2 is 1.69 bits per heavy atom. The van der Waals surface area contributed by atoms with Crippen molar-refractivity contribution < 1.29 is 34.1 Å². The number of aromatic nitrogens is 1. The van der Waals surface area contributed by atoms with Gasteiger partial charge in [0.2, 0.25) is 11.8 Å². The quantitative estimate of drug-likeness (QED) is 0.531. The normalized spacial score (nSPS) is 21.6. The van der Waals surface area contributed by atoms with Crippen LogP contribution >= 0.6 is 0 Å². The number of aliphatic carboxylic acids is 2. The van der Waals surface area contributed by atoms with E-state index in [2.05, 4.69) is 16.8 Å². The lowest BCUT2D eigenvalue weighted by atomic mass is 9.83. The van der Waals surface area contributed by atoms with Gasteiger partial charge in [0.1, 0.15) is 0 Å². The van der Waals surface area contributed by atoms with Crippen molar-refractivity contribution in [2.75, 3.05) is 44.8 Å². The van der Waals surface area contributed by atoms with E-state index in [4.69, 9.17) is 35.0 Å². The Kier molecular flexibility index (Phi) is 13.7. The summed E-state index contributed by atoms with van der Waals surface area (Å²) in [7, 11) is 1.61. The molecule has 2 fully saturated rings. The number of rotatable bonds is 6. The summed E-state index contributed by atoms with van der Waals surface area (Å²) < 4.78 is 10.9. The molecule has 1 aromatic rings. The van der Waals surface area contributed by atoms with Crippen molar-refractivity contribution in [1.29, 1.82) is 0 Å². The van der Waals surface area contributed by atoms with E-state index < -0.39 is 11.9 Å². The van der Waals surface area contributed by atoms with Gasteiger partial charge in [-0.05, 0) is 31.7 Å². The van der Waals surface area contributed by atoms with Crippen molar-refractivity contribution in [3.63, 3.8) is 0 Å². The molecular formula is C24H40N4O7. The van der Waals surface area contributed by atoms with Crippen LogP contribution in [-0.2, 0) is 19.1 Å². The largest absolute Gasteiger partial charge is 0.481 e. The fourth-order valence-electron chi connectivity index (χ4n) is 4.00. The highest BCUT2D eigenvalue weighted by atomic mass is 16.5. The van der Waals surface area contributed by atoms with Crippen LogP contribution in [0.5, 0.6) is 5.88 Å². The van der Waals surface area contributed by atoms with Gasteiger partial charge in [-0.15, -0.1) is 0 Å². The summed E-state index contributed by atoms with van der Waals surface area (Å²) in [5.74, 6) is -0.759. The monoisotopic (exact) mass is 496 g/mol. The first-order valence-electron chi connectivity index (χ1n) is 11.9. The van der Waals surface area contributed by atoms with Crippen LogP contribution in [0.4, 0.5) is 5.69 Å². The van der Waals surface area contributed by atoms with Crippen LogP contribution in [0.1, 0.15) is 46.5 Å². The summed E-state index contributed by atoms with van der Waals surface area (Å²) in [5, 5.41) is 14.8. The molecular weight excluding hydrogens is 456 g/mol. The minimum absolute atomic E-state index is 0.0362. The molecule has 1 aliphatic carbocycles. The van der Waals surface area contributed by atoms with Gasteiger partial charge < -0.3 is 35.2 Å². The minimum atomic E-state index is -0.833. The van der Waals surface area contributed by atoms with Gasteiger partial charge in [-0.1, -0.05) is 6.92 Å². The Morgan fingerprint density at radius 3 is 2.14 bits per heavy atom. The van der Waals surface area contributed by atoms with Gasteiger partial charge in [0.25, 0.3) is 11.9 Å². The lowest BCUT2D eigenvalue weighted by Gasteiger charge is -2.40. The Balaban J connectivity index is 0.000000668. The van der Waals surface area contributed by atoms with Crippen LogP contribution in [0.3, 0.4) is 0 Å². The zero-order valence-electron chi connectivity index (χ0n) is 21.2. The van der Waals surface area contributed by atoms with Gasteiger partial charge in [0, 0.05) is 64.7 Å². The van der Waals surface area contributed by atoms with Crippen molar-refractivity contribution in [3.8, 4) is 5.88 Å². The maximum absolute atomic E-state index is 12.9. The Labute approximate surface area is 207 Å². The predicted molar refractivity (Wildman–Crippen MR) is 132 cm³/mol. The van der Waals surface area contributed by atoms with Gasteiger partial charge in [0.05, 0.1) is 25.1 Å². The molecule has 4 N–H and O–H groups in total. The number of carbonyl (C=O) groups is 3. The van der Waals surface area contributed by atoms with E-state index >= 15 is 0 Å². The average molecular weight is 497 g/mol. The number of carboxylic acids is 2. The molecule has 0 spiro atoms. The minimum Gasteiger partial charge on any atom is -0.481 e. The second-order valence-electron chi connectivity index (χ2n) is 8.49. The number of carboxylic acid groups (broad SMARTS) is 2. The highest BCUT2D eigenvalue weighted by Crippen LogP contribution is 2.28. The van der Waals surface area contributed by atoms with Crippen LogP contribution in [-0.4, -0.2) is 90.0 Å². The molecule has 35 heavy (non-hydrogen) atoms. The summed E-state index contributed by atoms with van der Waals surface area (Å²) in [6.45, 7) is 8.14. The van der Waals surface area contributed by atoms with Crippen molar-refractivity contribution in [2.45, 2.75) is 58.6 Å². The fourth-order valence-corrected chi connectivity index (χ4v) is 4.00. The van der Waals surface area contributed by atoms with Crippen LogP contribution in [0.2, 0.25) is 0 Å². The number of methoxy groups -OCH3 is 1. The van der Waals surface area contributed by atoms with E-state index in [-0.39, 0.29) is 24.0 Å². The van der Waals surface area contributed by atoms with Crippen molar-refractivity contribution in [1.82, 2.24) is 9.88 Å². The van der Waals surface area contributed by atoms with Crippen LogP contribution in [0, 0.1) is 5.92 Å². The van der Waals surface area contributed by atoms with Crippen LogP contribution in [0.25, 0.3) is 0 Å². The molecule has 1 saturated carbocycles. The fraction of sp³-hybridized carbons (Fsp3) is 0.667. The van der Waals surface area contributed by atoms with E-state index in [0.717, 1.165) is 78.0 Å². The molecule has 11 heteroatoms. The van der Waals surface area contributed by atoms with Gasteiger partial charge in [-0.25, -0.2) is 4.98 Å². The highest BCUT2D eigenvalue weighted by Gasteiger charge is 2.35. The number of carbonyl (C=O) groups excluding carboxylic acids is 1. The van der Waals surface area contributed by atoms with Crippen LogP contribution < -0.4 is 15.4 Å². The van der Waals surface area contributed by atoms with E-state index in [1.165, 1.54) is 0 Å². The first-order valence-corrected chi connectivity index (χ1v) is 11.9. The second-order valence-corrected chi connectivity index (χ2v) is 8.49. The number of pyridine rings is 1. The van der Waals surface area contributed by atoms with Crippen molar-refractivity contribution in [3.05, 3.63) is 18.3 Å². The Bertz CT molecular complexity index is 763. The molecule has 1 aromatic heterocycles. The number of hydrogen-bond acceptors (Lipinski definition) is 8. The van der Waals surface area contributed by atoms with Gasteiger partial charge in [-0.3, -0.25) is 14.4 Å². The molecule has 2 heterocycles. The number of nitrogens with two attached hydrogens (primary N) is 1. The number of anilines is 1. The second kappa shape index (κ2) is 15.9. The molecule has 0 aromatic carbocycles. The number of nitrogens with zero attached hydrogens (tertiary/aromatic N) is 3. The smallest absolute Gasteiger partial charge is 0.300 e. The molecule has 0 bridgehead atoms. The first-order chi connectivity index (χ1) is 16.6. The third-order valence-corrected chi connectivity index (χ3v) is 5.61. The molecule has 3 rings (SSSR count). The Hall–Kier alpha value is -2.92. The predicted octanol–water partition coefficient (Wildman–Crippen LogP) is 1.84. The number of hydrogen-bond donors (Lipinski definition) is 3. The molecule has 1 amide bonds. The third kappa shape index (κ3) is 11.4. The maximum Gasteiger partial charge on any atom is 0.300 e. The molecule has 0 unspecified atom stereocenters.